The van der Waals surface area contributed by atoms with Crippen molar-refractivity contribution in [3.63, 3.8) is 0 Å². The molecule has 7 heteroatoms. The van der Waals surface area contributed by atoms with Gasteiger partial charge in [0, 0.05) is 20.1 Å². The van der Waals surface area contributed by atoms with Gasteiger partial charge in [-0.15, -0.1) is 0 Å². The molecule has 0 radical (unpaired) electrons. The molecule has 2 amide bonds. The van der Waals surface area contributed by atoms with Crippen molar-refractivity contribution in [1.82, 2.24) is 9.80 Å². The predicted octanol–water partition coefficient (Wildman–Crippen LogP) is 2.42. The van der Waals surface area contributed by atoms with E-state index in [0.29, 0.717) is 37.8 Å². The van der Waals surface area contributed by atoms with Crippen molar-refractivity contribution in [1.29, 1.82) is 0 Å². The highest BCUT2D eigenvalue weighted by atomic mass is 19.1. The average molecular weight is 390 g/mol. The fourth-order valence-electron chi connectivity index (χ4n) is 4.54. The van der Waals surface area contributed by atoms with E-state index in [2.05, 4.69) is 0 Å². The number of hydrogen-bond acceptors (Lipinski definition) is 3. The number of amides is 2. The van der Waals surface area contributed by atoms with E-state index < -0.39 is 17.3 Å². The SMILES string of the molecule is CN(CC(=O)N1CCCC(C(=O)O)C1)C(=O)C1(c2cccc(F)c2)CCCC1. The summed E-state index contributed by atoms with van der Waals surface area (Å²) in [6.45, 7) is 0.604. The number of carbonyl (C=O) groups is 3. The molecular formula is C21H27FN2O4. The monoisotopic (exact) mass is 390 g/mol. The summed E-state index contributed by atoms with van der Waals surface area (Å²) in [6.07, 6.45) is 4.26. The van der Waals surface area contributed by atoms with Crippen molar-refractivity contribution in [3.05, 3.63) is 35.6 Å². The minimum Gasteiger partial charge on any atom is -0.481 e. The summed E-state index contributed by atoms with van der Waals surface area (Å²) in [5.41, 5.74) is -0.124. The van der Waals surface area contributed by atoms with Gasteiger partial charge < -0.3 is 14.9 Å². The first-order chi connectivity index (χ1) is 13.3. The number of likely N-dealkylation sites (N-methyl/N-ethyl adjacent to an activating group) is 1. The number of likely N-dealkylation sites (tertiary alicyclic amines) is 1. The van der Waals surface area contributed by atoms with Gasteiger partial charge in [0.25, 0.3) is 0 Å². The van der Waals surface area contributed by atoms with E-state index in [4.69, 9.17) is 0 Å². The fourth-order valence-corrected chi connectivity index (χ4v) is 4.54. The molecule has 6 nitrogen and oxygen atoms in total. The average Bonchev–Trinajstić information content (AvgIpc) is 3.18. The lowest BCUT2D eigenvalue weighted by Gasteiger charge is -2.35. The minimum absolute atomic E-state index is 0.0950. The molecule has 1 atom stereocenters. The van der Waals surface area contributed by atoms with E-state index in [9.17, 15) is 23.9 Å². The van der Waals surface area contributed by atoms with Gasteiger partial charge in [-0.05, 0) is 43.4 Å². The maximum Gasteiger partial charge on any atom is 0.308 e. The molecule has 1 saturated carbocycles. The van der Waals surface area contributed by atoms with Crippen LogP contribution in [0.5, 0.6) is 0 Å². The van der Waals surface area contributed by atoms with Crippen molar-refractivity contribution < 1.29 is 23.9 Å². The lowest BCUT2D eigenvalue weighted by Crippen LogP contribution is -2.50. The number of benzene rings is 1. The zero-order chi connectivity index (χ0) is 20.3. The Morgan fingerprint density at radius 1 is 1.25 bits per heavy atom. The van der Waals surface area contributed by atoms with Crippen LogP contribution >= 0.6 is 0 Å². The van der Waals surface area contributed by atoms with E-state index in [1.807, 2.05) is 0 Å². The first-order valence-electron chi connectivity index (χ1n) is 9.86. The van der Waals surface area contributed by atoms with Gasteiger partial charge in [-0.1, -0.05) is 25.0 Å². The van der Waals surface area contributed by atoms with Gasteiger partial charge in [-0.25, -0.2) is 4.39 Å². The third-order valence-corrected chi connectivity index (χ3v) is 6.09. The molecule has 1 aromatic carbocycles. The van der Waals surface area contributed by atoms with Crippen molar-refractivity contribution >= 4 is 17.8 Å². The lowest BCUT2D eigenvalue weighted by molar-refractivity contribution is -0.148. The molecule has 1 heterocycles. The number of aliphatic carboxylic acids is 1. The fraction of sp³-hybridized carbons (Fsp3) is 0.571. The van der Waals surface area contributed by atoms with Crippen molar-refractivity contribution in [2.24, 2.45) is 5.92 Å². The minimum atomic E-state index is -0.891. The third-order valence-electron chi connectivity index (χ3n) is 6.09. The Labute approximate surface area is 164 Å². The topological polar surface area (TPSA) is 77.9 Å². The van der Waals surface area contributed by atoms with Gasteiger partial charge in [0.2, 0.25) is 11.8 Å². The molecule has 3 rings (SSSR count). The standard InChI is InChI=1S/C21H27FN2O4/c1-23(14-18(25)24-11-5-6-15(13-24)19(26)27)20(28)21(9-2-3-10-21)16-7-4-8-17(22)12-16/h4,7-8,12,15H,2-3,5-6,9-11,13-14H2,1H3,(H,26,27). The Bertz CT molecular complexity index is 761. The van der Waals surface area contributed by atoms with Crippen LogP contribution in [0.1, 0.15) is 44.1 Å². The summed E-state index contributed by atoms with van der Waals surface area (Å²) in [6, 6.07) is 6.17. The summed E-state index contributed by atoms with van der Waals surface area (Å²) in [4.78, 5) is 40.2. The van der Waals surface area contributed by atoms with Crippen LogP contribution in [0.2, 0.25) is 0 Å². The number of carbonyl (C=O) groups excluding carboxylic acids is 2. The molecule has 28 heavy (non-hydrogen) atoms. The van der Waals surface area contributed by atoms with Crippen LogP contribution in [0.15, 0.2) is 24.3 Å². The third kappa shape index (κ3) is 4.03. The van der Waals surface area contributed by atoms with Crippen molar-refractivity contribution in [2.75, 3.05) is 26.7 Å². The van der Waals surface area contributed by atoms with Crippen LogP contribution in [0.3, 0.4) is 0 Å². The number of nitrogens with zero attached hydrogens (tertiary/aromatic N) is 2. The quantitative estimate of drug-likeness (QED) is 0.838. The number of halogens is 1. The van der Waals surface area contributed by atoms with Gasteiger partial charge in [0.1, 0.15) is 5.82 Å². The maximum atomic E-state index is 13.8. The second-order valence-electron chi connectivity index (χ2n) is 7.98. The number of carboxylic acids is 1. The van der Waals surface area contributed by atoms with Crippen molar-refractivity contribution in [2.45, 2.75) is 43.9 Å². The van der Waals surface area contributed by atoms with Crippen LogP contribution in [0, 0.1) is 11.7 Å². The Balaban J connectivity index is 1.72. The summed E-state index contributed by atoms with van der Waals surface area (Å²) in [7, 11) is 1.60. The molecule has 1 aliphatic heterocycles. The Hall–Kier alpha value is -2.44. The molecule has 1 unspecified atom stereocenters. The van der Waals surface area contributed by atoms with E-state index in [1.54, 1.807) is 19.2 Å². The van der Waals surface area contributed by atoms with E-state index >= 15 is 0 Å². The molecule has 2 aliphatic rings. The molecule has 2 fully saturated rings. The Kier molecular flexibility index (Phi) is 6.01. The summed E-state index contributed by atoms with van der Waals surface area (Å²) < 4.78 is 13.8. The molecule has 0 aromatic heterocycles. The second-order valence-corrected chi connectivity index (χ2v) is 7.98. The maximum absolute atomic E-state index is 13.8. The normalized spacial score (nSPS) is 21.4. The summed E-state index contributed by atoms with van der Waals surface area (Å²) in [5.74, 6) is -2.22. The summed E-state index contributed by atoms with van der Waals surface area (Å²) in [5, 5.41) is 9.20. The van der Waals surface area contributed by atoms with Gasteiger partial charge in [-0.2, -0.15) is 0 Å². The first-order valence-corrected chi connectivity index (χ1v) is 9.86. The Morgan fingerprint density at radius 3 is 2.61 bits per heavy atom. The van der Waals surface area contributed by atoms with E-state index in [1.165, 1.54) is 21.9 Å². The lowest BCUT2D eigenvalue weighted by atomic mass is 9.77. The van der Waals surface area contributed by atoms with Gasteiger partial charge in [0.05, 0.1) is 17.9 Å². The second kappa shape index (κ2) is 8.29. The van der Waals surface area contributed by atoms with Gasteiger partial charge >= 0.3 is 5.97 Å². The zero-order valence-corrected chi connectivity index (χ0v) is 16.2. The van der Waals surface area contributed by atoms with Gasteiger partial charge in [0.15, 0.2) is 0 Å². The first kappa shape index (κ1) is 20.3. The molecule has 1 aliphatic carbocycles. The molecular weight excluding hydrogens is 363 g/mol. The molecule has 0 spiro atoms. The van der Waals surface area contributed by atoms with Crippen LogP contribution < -0.4 is 0 Å². The highest BCUT2D eigenvalue weighted by Crippen LogP contribution is 2.42. The predicted molar refractivity (Wildman–Crippen MR) is 101 cm³/mol. The number of rotatable bonds is 5. The van der Waals surface area contributed by atoms with Crippen LogP contribution in [-0.2, 0) is 19.8 Å². The zero-order valence-electron chi connectivity index (χ0n) is 16.2. The van der Waals surface area contributed by atoms with Gasteiger partial charge in [-0.3, -0.25) is 14.4 Å². The molecule has 1 saturated heterocycles. The van der Waals surface area contributed by atoms with Crippen LogP contribution in [-0.4, -0.2) is 59.4 Å². The van der Waals surface area contributed by atoms with E-state index in [-0.39, 0.29) is 30.7 Å². The smallest absolute Gasteiger partial charge is 0.308 e. The van der Waals surface area contributed by atoms with Crippen molar-refractivity contribution in [3.8, 4) is 0 Å². The largest absolute Gasteiger partial charge is 0.481 e. The Morgan fingerprint density at radius 2 is 1.96 bits per heavy atom. The number of carboxylic acid groups (broad SMARTS) is 1. The molecule has 1 aromatic rings. The highest BCUT2D eigenvalue weighted by Gasteiger charge is 2.45. The molecule has 1 N–H and O–H groups in total. The highest BCUT2D eigenvalue weighted by molar-refractivity contribution is 5.92. The van der Waals surface area contributed by atoms with Crippen LogP contribution in [0.25, 0.3) is 0 Å². The number of hydrogen-bond donors (Lipinski definition) is 1. The van der Waals surface area contributed by atoms with Crippen LogP contribution in [0.4, 0.5) is 4.39 Å². The summed E-state index contributed by atoms with van der Waals surface area (Å²) >= 11 is 0. The van der Waals surface area contributed by atoms with E-state index in [0.717, 1.165) is 12.8 Å². The number of piperidine rings is 1. The molecule has 0 bridgehead atoms. The molecule has 152 valence electrons.